The molecule has 0 saturated heterocycles. The summed E-state index contributed by atoms with van der Waals surface area (Å²) >= 11 is 1.34. The first-order valence-corrected chi connectivity index (χ1v) is 3.04. The van der Waals surface area contributed by atoms with Gasteiger partial charge in [-0.05, 0) is 6.92 Å². The van der Waals surface area contributed by atoms with Crippen molar-refractivity contribution in [2.45, 2.75) is 6.92 Å². The lowest BCUT2D eigenvalue weighted by molar-refractivity contribution is 0.320. The van der Waals surface area contributed by atoms with E-state index in [9.17, 15) is 0 Å². The molecule has 0 unspecified atom stereocenters. The highest BCUT2D eigenvalue weighted by atomic mass is 32.2. The summed E-state index contributed by atoms with van der Waals surface area (Å²) in [5.41, 5.74) is 0. The van der Waals surface area contributed by atoms with Gasteiger partial charge in [0, 0.05) is 0 Å². The van der Waals surface area contributed by atoms with Crippen LogP contribution in [0.3, 0.4) is 0 Å². The van der Waals surface area contributed by atoms with Crippen LogP contribution in [-0.2, 0) is 0 Å². The first kappa shape index (κ1) is 7.38. The molecule has 2 nitrogen and oxygen atoms in total. The summed E-state index contributed by atoms with van der Waals surface area (Å²) in [5.74, 6) is 2.97. The maximum atomic E-state index is 8.06. The highest BCUT2D eigenvalue weighted by Crippen LogP contribution is 1.99. The maximum absolute atomic E-state index is 8.06. The minimum Gasteiger partial charge on any atom is -0.410 e. The zero-order valence-electron chi connectivity index (χ0n) is 4.59. The lowest BCUT2D eigenvalue weighted by atomic mass is 10.8. The van der Waals surface area contributed by atoms with Gasteiger partial charge in [0.05, 0.1) is 5.75 Å². The van der Waals surface area contributed by atoms with Gasteiger partial charge in [0.2, 0.25) is 0 Å². The van der Waals surface area contributed by atoms with Crippen LogP contribution in [0, 0.1) is 12.3 Å². The minimum atomic E-state index is 0.565. The largest absolute Gasteiger partial charge is 0.410 e. The van der Waals surface area contributed by atoms with Crippen LogP contribution >= 0.6 is 11.8 Å². The van der Waals surface area contributed by atoms with Crippen LogP contribution in [0.4, 0.5) is 0 Å². The quantitative estimate of drug-likeness (QED) is 0.189. The molecule has 0 heterocycles. The molecule has 8 heavy (non-hydrogen) atoms. The average molecular weight is 129 g/mol. The number of rotatable bonds is 1. The van der Waals surface area contributed by atoms with E-state index in [-0.39, 0.29) is 0 Å². The molecule has 44 valence electrons. The molecule has 0 fully saturated rings. The van der Waals surface area contributed by atoms with Gasteiger partial charge in [0.15, 0.2) is 0 Å². The van der Waals surface area contributed by atoms with E-state index in [2.05, 4.69) is 11.1 Å². The van der Waals surface area contributed by atoms with Crippen molar-refractivity contribution in [3.05, 3.63) is 0 Å². The third-order valence-electron chi connectivity index (χ3n) is 0.505. The molecule has 3 heteroatoms. The standard InChI is InChI=1S/C5H7NOS/c1-3-4-8-5(2)6-7/h1,7H,4H2,2H3. The summed E-state index contributed by atoms with van der Waals surface area (Å²) in [4.78, 5) is 0. The Bertz CT molecular complexity index is 125. The van der Waals surface area contributed by atoms with Crippen molar-refractivity contribution in [2.75, 3.05) is 5.75 Å². The van der Waals surface area contributed by atoms with Gasteiger partial charge < -0.3 is 5.21 Å². The zero-order chi connectivity index (χ0) is 6.41. The van der Waals surface area contributed by atoms with Gasteiger partial charge >= 0.3 is 0 Å². The minimum absolute atomic E-state index is 0.565. The predicted molar refractivity (Wildman–Crippen MR) is 36.2 cm³/mol. The smallest absolute Gasteiger partial charge is 0.110 e. The van der Waals surface area contributed by atoms with Crippen LogP contribution in [0.2, 0.25) is 0 Å². The normalized spacial score (nSPS) is 10.8. The van der Waals surface area contributed by atoms with E-state index in [1.807, 2.05) is 0 Å². The Kier molecular flexibility index (Phi) is 4.19. The Morgan fingerprint density at radius 1 is 2.00 bits per heavy atom. The van der Waals surface area contributed by atoms with E-state index >= 15 is 0 Å². The highest BCUT2D eigenvalue weighted by molar-refractivity contribution is 8.14. The number of hydrogen-bond acceptors (Lipinski definition) is 3. The molecule has 0 atom stereocenters. The van der Waals surface area contributed by atoms with Gasteiger partial charge in [-0.15, -0.1) is 6.42 Å². The Labute approximate surface area is 53.0 Å². The summed E-state index contributed by atoms with van der Waals surface area (Å²) < 4.78 is 0. The van der Waals surface area contributed by atoms with Gasteiger partial charge in [0.1, 0.15) is 5.04 Å². The third kappa shape index (κ3) is 3.57. The predicted octanol–water partition coefficient (Wildman–Crippen LogP) is 1.16. The summed E-state index contributed by atoms with van der Waals surface area (Å²) in [6, 6.07) is 0. The van der Waals surface area contributed by atoms with Gasteiger partial charge in [-0.2, -0.15) is 0 Å². The van der Waals surface area contributed by atoms with E-state index in [0.717, 1.165) is 0 Å². The molecule has 0 rings (SSSR count). The molecule has 0 radical (unpaired) electrons. The first-order valence-electron chi connectivity index (χ1n) is 2.06. The fourth-order valence-corrected chi connectivity index (χ4v) is 0.525. The van der Waals surface area contributed by atoms with E-state index in [0.29, 0.717) is 10.8 Å². The molecule has 0 aliphatic rings. The molecule has 0 aliphatic heterocycles. The van der Waals surface area contributed by atoms with Gasteiger partial charge in [-0.3, -0.25) is 0 Å². The van der Waals surface area contributed by atoms with Crippen molar-refractivity contribution in [3.63, 3.8) is 0 Å². The number of hydrogen-bond donors (Lipinski definition) is 1. The lowest BCUT2D eigenvalue weighted by Gasteiger charge is -1.87. The van der Waals surface area contributed by atoms with Crippen molar-refractivity contribution < 1.29 is 5.21 Å². The second-order valence-corrected chi connectivity index (χ2v) is 2.28. The molecular formula is C5H7NOS. The Hall–Kier alpha value is -0.620. The molecule has 1 N–H and O–H groups in total. The fourth-order valence-electron chi connectivity index (χ4n) is 0.175. The molecule has 0 saturated carbocycles. The molecule has 0 bridgehead atoms. The van der Waals surface area contributed by atoms with Crippen LogP contribution in [-0.4, -0.2) is 16.0 Å². The molecule has 0 aromatic rings. The number of nitrogens with zero attached hydrogens (tertiary/aromatic N) is 1. The van der Waals surface area contributed by atoms with E-state index in [4.69, 9.17) is 11.6 Å². The lowest BCUT2D eigenvalue weighted by Crippen LogP contribution is -1.82. The van der Waals surface area contributed by atoms with Crippen LogP contribution in [0.1, 0.15) is 6.92 Å². The van der Waals surface area contributed by atoms with Crippen molar-refractivity contribution >= 4 is 16.8 Å². The van der Waals surface area contributed by atoms with Gasteiger partial charge in [0.25, 0.3) is 0 Å². The van der Waals surface area contributed by atoms with E-state index in [1.165, 1.54) is 11.8 Å². The topological polar surface area (TPSA) is 32.6 Å². The molecule has 0 aromatic carbocycles. The highest BCUT2D eigenvalue weighted by Gasteiger charge is 1.86. The Balaban J connectivity index is 3.29. The van der Waals surface area contributed by atoms with Crippen molar-refractivity contribution in [3.8, 4) is 12.3 Å². The monoisotopic (exact) mass is 129 g/mol. The number of oxime groups is 1. The van der Waals surface area contributed by atoms with Crippen LogP contribution in [0.25, 0.3) is 0 Å². The second kappa shape index (κ2) is 4.54. The van der Waals surface area contributed by atoms with Crippen LogP contribution in [0.5, 0.6) is 0 Å². The average Bonchev–Trinajstić information content (AvgIpc) is 1.83. The van der Waals surface area contributed by atoms with Crippen molar-refractivity contribution in [1.29, 1.82) is 0 Å². The van der Waals surface area contributed by atoms with E-state index in [1.54, 1.807) is 6.92 Å². The summed E-state index contributed by atoms with van der Waals surface area (Å²) in [6.07, 6.45) is 4.92. The van der Waals surface area contributed by atoms with Crippen molar-refractivity contribution in [1.82, 2.24) is 0 Å². The second-order valence-electron chi connectivity index (χ2n) is 1.11. The third-order valence-corrected chi connectivity index (χ3v) is 1.32. The fraction of sp³-hybridized carbons (Fsp3) is 0.400. The summed E-state index contributed by atoms with van der Waals surface area (Å²) in [7, 11) is 0. The van der Waals surface area contributed by atoms with Crippen LogP contribution < -0.4 is 0 Å². The molecule has 0 aromatic heterocycles. The molecule has 0 spiro atoms. The molecular weight excluding hydrogens is 122 g/mol. The SMILES string of the molecule is C#CCSC(C)=NO. The number of terminal acetylenes is 1. The summed E-state index contributed by atoms with van der Waals surface area (Å²) in [5, 5.41) is 11.6. The Morgan fingerprint density at radius 3 is 3.00 bits per heavy atom. The molecule has 0 amide bonds. The van der Waals surface area contributed by atoms with Crippen molar-refractivity contribution in [2.24, 2.45) is 5.16 Å². The number of thioether (sulfide) groups is 1. The van der Waals surface area contributed by atoms with Crippen LogP contribution in [0.15, 0.2) is 5.16 Å². The zero-order valence-corrected chi connectivity index (χ0v) is 5.40. The van der Waals surface area contributed by atoms with E-state index < -0.39 is 0 Å². The first-order chi connectivity index (χ1) is 3.81. The summed E-state index contributed by atoms with van der Waals surface area (Å²) in [6.45, 7) is 1.70. The van der Waals surface area contributed by atoms with Gasteiger partial charge in [-0.1, -0.05) is 22.8 Å². The molecule has 0 aliphatic carbocycles. The van der Waals surface area contributed by atoms with Gasteiger partial charge in [-0.25, -0.2) is 0 Å². The maximum Gasteiger partial charge on any atom is 0.110 e. The Morgan fingerprint density at radius 2 is 2.62 bits per heavy atom.